The van der Waals surface area contributed by atoms with E-state index < -0.39 is 21.6 Å². The second-order valence-corrected chi connectivity index (χ2v) is 6.78. The van der Waals surface area contributed by atoms with E-state index in [2.05, 4.69) is 4.72 Å². The highest BCUT2D eigenvalue weighted by Gasteiger charge is 2.26. The van der Waals surface area contributed by atoms with E-state index in [1.54, 1.807) is 20.8 Å². The summed E-state index contributed by atoms with van der Waals surface area (Å²) in [6.07, 6.45) is 0.834. The number of aromatic carboxylic acids is 1. The zero-order valence-corrected chi connectivity index (χ0v) is 13.2. The minimum Gasteiger partial charge on any atom is -0.478 e. The zero-order chi connectivity index (χ0) is 16.3. The van der Waals surface area contributed by atoms with Crippen LogP contribution in [0.5, 0.6) is 0 Å². The number of carboxylic acid groups (broad SMARTS) is 1. The van der Waals surface area contributed by atoms with E-state index in [4.69, 9.17) is 5.11 Å². The van der Waals surface area contributed by atoms with Crippen LogP contribution in [0.15, 0.2) is 23.1 Å². The summed E-state index contributed by atoms with van der Waals surface area (Å²) in [4.78, 5) is 10.9. The minimum atomic E-state index is -3.87. The summed E-state index contributed by atoms with van der Waals surface area (Å²) in [6.45, 7) is 5.02. The maximum Gasteiger partial charge on any atom is 0.335 e. The fourth-order valence-electron chi connectivity index (χ4n) is 1.83. The van der Waals surface area contributed by atoms with Gasteiger partial charge < -0.3 is 10.2 Å². The molecule has 7 heteroatoms. The molecule has 0 aliphatic rings. The summed E-state index contributed by atoms with van der Waals surface area (Å²) in [6, 6.07) is 3.92. The molecule has 0 heterocycles. The Balaban J connectivity index is 3.08. The molecule has 0 amide bonds. The molecule has 0 aliphatic heterocycles. The summed E-state index contributed by atoms with van der Waals surface area (Å²) in [5.41, 5.74) is -0.753. The first-order chi connectivity index (χ1) is 9.65. The maximum atomic E-state index is 12.3. The molecule has 0 bridgehead atoms. The van der Waals surface area contributed by atoms with Gasteiger partial charge in [0.2, 0.25) is 10.0 Å². The van der Waals surface area contributed by atoms with Gasteiger partial charge in [0.25, 0.3) is 0 Å². The van der Waals surface area contributed by atoms with Crippen LogP contribution in [0.2, 0.25) is 0 Å². The Morgan fingerprint density at radius 1 is 1.29 bits per heavy atom. The normalized spacial score (nSPS) is 12.4. The van der Waals surface area contributed by atoms with Crippen molar-refractivity contribution in [3.63, 3.8) is 0 Å². The van der Waals surface area contributed by atoms with Crippen molar-refractivity contribution < 1.29 is 23.4 Å². The van der Waals surface area contributed by atoms with Crippen molar-refractivity contribution in [1.29, 1.82) is 0 Å². The van der Waals surface area contributed by atoms with Gasteiger partial charge in [0.15, 0.2) is 0 Å². The Morgan fingerprint density at radius 2 is 1.86 bits per heavy atom. The summed E-state index contributed by atoms with van der Waals surface area (Å²) in [5, 5.41) is 19.1. The van der Waals surface area contributed by atoms with E-state index in [9.17, 15) is 18.3 Å². The van der Waals surface area contributed by atoms with Gasteiger partial charge in [-0.1, -0.05) is 19.9 Å². The van der Waals surface area contributed by atoms with Crippen molar-refractivity contribution in [3.05, 3.63) is 29.3 Å². The number of carbonyl (C=O) groups is 1. The second kappa shape index (κ2) is 6.55. The van der Waals surface area contributed by atoms with E-state index in [-0.39, 0.29) is 17.0 Å². The molecule has 0 unspecified atom stereocenters. The molecule has 0 saturated carbocycles. The maximum absolute atomic E-state index is 12.3. The number of rotatable bonds is 7. The largest absolute Gasteiger partial charge is 0.478 e. The molecule has 1 rings (SSSR count). The lowest BCUT2D eigenvalue weighted by Crippen LogP contribution is -2.42. The zero-order valence-electron chi connectivity index (χ0n) is 12.4. The van der Waals surface area contributed by atoms with Crippen LogP contribution in [0.25, 0.3) is 0 Å². The van der Waals surface area contributed by atoms with Crippen molar-refractivity contribution >= 4 is 16.0 Å². The van der Waals surface area contributed by atoms with Crippen LogP contribution >= 0.6 is 0 Å². The lowest BCUT2D eigenvalue weighted by Gasteiger charge is -2.25. The van der Waals surface area contributed by atoms with Crippen molar-refractivity contribution in [1.82, 2.24) is 4.72 Å². The molecule has 118 valence electrons. The molecule has 6 nitrogen and oxygen atoms in total. The summed E-state index contributed by atoms with van der Waals surface area (Å²) < 4.78 is 26.9. The third-order valence-corrected chi connectivity index (χ3v) is 5.18. The Hall–Kier alpha value is -1.44. The first-order valence-electron chi connectivity index (χ1n) is 6.71. The average molecular weight is 315 g/mol. The third kappa shape index (κ3) is 4.26. The van der Waals surface area contributed by atoms with Crippen LogP contribution in [0.1, 0.15) is 42.6 Å². The number of nitrogens with one attached hydrogen (secondary N) is 1. The van der Waals surface area contributed by atoms with Crippen molar-refractivity contribution in [2.24, 2.45) is 0 Å². The van der Waals surface area contributed by atoms with Gasteiger partial charge in [-0.15, -0.1) is 0 Å². The highest BCUT2D eigenvalue weighted by Crippen LogP contribution is 2.19. The summed E-state index contributed by atoms with van der Waals surface area (Å²) in [7, 11) is -3.87. The van der Waals surface area contributed by atoms with Crippen LogP contribution in [0, 0.1) is 6.92 Å². The Morgan fingerprint density at radius 3 is 2.33 bits per heavy atom. The van der Waals surface area contributed by atoms with Crippen LogP contribution in [-0.2, 0) is 10.0 Å². The quantitative estimate of drug-likeness (QED) is 0.708. The number of aryl methyl sites for hydroxylation is 1. The van der Waals surface area contributed by atoms with Crippen LogP contribution in [0.4, 0.5) is 0 Å². The second-order valence-electron chi connectivity index (χ2n) is 5.04. The molecule has 0 saturated heterocycles. The molecule has 21 heavy (non-hydrogen) atoms. The van der Waals surface area contributed by atoms with Crippen LogP contribution < -0.4 is 4.72 Å². The monoisotopic (exact) mass is 315 g/mol. The first kappa shape index (κ1) is 17.6. The molecular weight excluding hydrogens is 294 g/mol. The van der Waals surface area contributed by atoms with Gasteiger partial charge in [-0.3, -0.25) is 0 Å². The number of benzene rings is 1. The fourth-order valence-corrected chi connectivity index (χ4v) is 3.22. The van der Waals surface area contributed by atoms with Gasteiger partial charge in [-0.2, -0.15) is 0 Å². The molecule has 0 aromatic heterocycles. The van der Waals surface area contributed by atoms with Gasteiger partial charge in [-0.05, 0) is 37.5 Å². The number of sulfonamides is 1. The van der Waals surface area contributed by atoms with E-state index >= 15 is 0 Å². The first-order valence-corrected chi connectivity index (χ1v) is 8.19. The fraction of sp³-hybridized carbons (Fsp3) is 0.500. The SMILES string of the molecule is CCC(O)(CC)CNS(=O)(=O)c1cc(C(=O)O)ccc1C. The summed E-state index contributed by atoms with van der Waals surface area (Å²) in [5.74, 6) is -1.19. The van der Waals surface area contributed by atoms with Crippen molar-refractivity contribution in [2.45, 2.75) is 44.1 Å². The molecule has 1 aromatic carbocycles. The van der Waals surface area contributed by atoms with Crippen molar-refractivity contribution in [3.8, 4) is 0 Å². The van der Waals surface area contributed by atoms with E-state index in [0.717, 1.165) is 6.07 Å². The number of hydrogen-bond donors (Lipinski definition) is 3. The molecule has 0 aliphatic carbocycles. The standard InChI is InChI=1S/C14H21NO5S/c1-4-14(18,5-2)9-15-21(19,20)12-8-11(13(16)17)7-6-10(12)3/h6-8,15,18H,4-5,9H2,1-3H3,(H,16,17). The molecular formula is C14H21NO5S. The third-order valence-electron chi connectivity index (χ3n) is 3.63. The number of carboxylic acids is 1. The topological polar surface area (TPSA) is 104 Å². The molecule has 0 fully saturated rings. The summed E-state index contributed by atoms with van der Waals surface area (Å²) >= 11 is 0. The van der Waals surface area contributed by atoms with Gasteiger partial charge >= 0.3 is 5.97 Å². The smallest absolute Gasteiger partial charge is 0.335 e. The van der Waals surface area contributed by atoms with E-state index in [1.807, 2.05) is 0 Å². The van der Waals surface area contributed by atoms with E-state index in [1.165, 1.54) is 12.1 Å². The van der Waals surface area contributed by atoms with Gasteiger partial charge in [0.05, 0.1) is 16.1 Å². The molecule has 0 atom stereocenters. The van der Waals surface area contributed by atoms with Gasteiger partial charge in [0, 0.05) is 6.54 Å². The predicted molar refractivity (Wildman–Crippen MR) is 78.9 cm³/mol. The van der Waals surface area contributed by atoms with Crippen LogP contribution in [-0.4, -0.2) is 36.7 Å². The highest BCUT2D eigenvalue weighted by atomic mass is 32.2. The minimum absolute atomic E-state index is 0.0862. The Kier molecular flexibility index (Phi) is 5.49. The Labute approximate surface area is 124 Å². The molecule has 0 spiro atoms. The molecule has 0 radical (unpaired) electrons. The highest BCUT2D eigenvalue weighted by molar-refractivity contribution is 7.89. The van der Waals surface area contributed by atoms with Gasteiger partial charge in [-0.25, -0.2) is 17.9 Å². The van der Waals surface area contributed by atoms with Gasteiger partial charge in [0.1, 0.15) is 0 Å². The lowest BCUT2D eigenvalue weighted by molar-refractivity contribution is 0.0377. The van der Waals surface area contributed by atoms with E-state index in [0.29, 0.717) is 18.4 Å². The number of hydrogen-bond acceptors (Lipinski definition) is 4. The molecule has 1 aromatic rings. The number of aliphatic hydroxyl groups is 1. The average Bonchev–Trinajstić information content (AvgIpc) is 2.45. The van der Waals surface area contributed by atoms with Crippen LogP contribution in [0.3, 0.4) is 0 Å². The molecule has 3 N–H and O–H groups in total. The Bertz CT molecular complexity index is 620. The lowest BCUT2D eigenvalue weighted by atomic mass is 9.98. The predicted octanol–water partition coefficient (Wildman–Crippen LogP) is 1.52. The van der Waals surface area contributed by atoms with Crippen molar-refractivity contribution in [2.75, 3.05) is 6.54 Å².